The number of hydrogen-bond donors (Lipinski definition) is 1. The van der Waals surface area contributed by atoms with Gasteiger partial charge in [-0.1, -0.05) is 24.3 Å². The van der Waals surface area contributed by atoms with E-state index in [0.29, 0.717) is 12.3 Å². The maximum absolute atomic E-state index is 12.1. The zero-order chi connectivity index (χ0) is 12.8. The van der Waals surface area contributed by atoms with Gasteiger partial charge in [0.25, 0.3) is 0 Å². The Labute approximate surface area is 109 Å². The van der Waals surface area contributed by atoms with Gasteiger partial charge in [-0.2, -0.15) is 0 Å². The Balaban J connectivity index is 1.97. The molecule has 3 nitrogen and oxygen atoms in total. The Morgan fingerprint density at radius 3 is 2.89 bits per heavy atom. The molecule has 0 atom stereocenters. The van der Waals surface area contributed by atoms with Gasteiger partial charge in [-0.25, -0.2) is 0 Å². The number of nitrogens with zero attached hydrogens (tertiary/aromatic N) is 1. The first-order valence-corrected chi connectivity index (χ1v) is 6.80. The van der Waals surface area contributed by atoms with E-state index in [0.717, 1.165) is 38.9 Å². The molecule has 0 aromatic heterocycles. The third-order valence-electron chi connectivity index (χ3n) is 3.52. The molecule has 0 aliphatic carbocycles. The van der Waals surface area contributed by atoms with Crippen LogP contribution in [0.15, 0.2) is 24.3 Å². The third-order valence-corrected chi connectivity index (χ3v) is 3.52. The van der Waals surface area contributed by atoms with Crippen molar-refractivity contribution in [2.75, 3.05) is 20.1 Å². The predicted molar refractivity (Wildman–Crippen MR) is 73.3 cm³/mol. The van der Waals surface area contributed by atoms with Crippen LogP contribution < -0.4 is 5.32 Å². The van der Waals surface area contributed by atoms with Gasteiger partial charge in [0.2, 0.25) is 5.91 Å². The van der Waals surface area contributed by atoms with E-state index in [-0.39, 0.29) is 0 Å². The van der Waals surface area contributed by atoms with Crippen molar-refractivity contribution in [2.24, 2.45) is 0 Å². The van der Waals surface area contributed by atoms with Gasteiger partial charge in [-0.3, -0.25) is 4.79 Å². The molecule has 0 radical (unpaired) electrons. The summed E-state index contributed by atoms with van der Waals surface area (Å²) in [6.07, 6.45) is 3.75. The van der Waals surface area contributed by atoms with Crippen LogP contribution in [0.25, 0.3) is 0 Å². The molecular formula is C15H22N2O. The van der Waals surface area contributed by atoms with Crippen LogP contribution in [-0.4, -0.2) is 30.9 Å². The van der Waals surface area contributed by atoms with Crippen molar-refractivity contribution >= 4 is 5.91 Å². The van der Waals surface area contributed by atoms with Gasteiger partial charge in [0.15, 0.2) is 0 Å². The highest BCUT2D eigenvalue weighted by Gasteiger charge is 2.17. The van der Waals surface area contributed by atoms with E-state index in [1.165, 1.54) is 11.1 Å². The lowest BCUT2D eigenvalue weighted by Crippen LogP contribution is -2.31. The van der Waals surface area contributed by atoms with Crippen molar-refractivity contribution in [3.8, 4) is 0 Å². The molecule has 0 spiro atoms. The van der Waals surface area contributed by atoms with Crippen LogP contribution in [0, 0.1) is 0 Å². The molecule has 1 aliphatic rings. The van der Waals surface area contributed by atoms with E-state index < -0.39 is 0 Å². The van der Waals surface area contributed by atoms with Crippen molar-refractivity contribution in [2.45, 2.75) is 32.2 Å². The summed E-state index contributed by atoms with van der Waals surface area (Å²) in [6.45, 7) is 2.60. The highest BCUT2D eigenvalue weighted by atomic mass is 16.2. The molecule has 3 heteroatoms. The van der Waals surface area contributed by atoms with E-state index in [4.69, 9.17) is 0 Å². The zero-order valence-corrected chi connectivity index (χ0v) is 11.1. The summed E-state index contributed by atoms with van der Waals surface area (Å²) in [4.78, 5) is 14.1. The quantitative estimate of drug-likeness (QED) is 0.824. The first-order valence-electron chi connectivity index (χ1n) is 6.80. The largest absolute Gasteiger partial charge is 0.338 e. The minimum atomic E-state index is 0.293. The molecule has 1 amide bonds. The molecule has 1 aliphatic heterocycles. The molecule has 1 N–H and O–H groups in total. The second-order valence-corrected chi connectivity index (χ2v) is 4.89. The molecule has 1 aromatic carbocycles. The highest BCUT2D eigenvalue weighted by Crippen LogP contribution is 2.19. The van der Waals surface area contributed by atoms with Crippen LogP contribution in [0.4, 0.5) is 0 Å². The van der Waals surface area contributed by atoms with Crippen LogP contribution >= 0.6 is 0 Å². The zero-order valence-electron chi connectivity index (χ0n) is 11.1. The smallest absolute Gasteiger partial charge is 0.222 e. The summed E-state index contributed by atoms with van der Waals surface area (Å²) >= 11 is 0. The van der Waals surface area contributed by atoms with Crippen LogP contribution in [-0.2, 0) is 17.8 Å². The number of nitrogens with one attached hydrogen (secondary N) is 1. The van der Waals surface area contributed by atoms with E-state index in [9.17, 15) is 4.79 Å². The molecule has 2 rings (SSSR count). The van der Waals surface area contributed by atoms with Gasteiger partial charge in [-0.15, -0.1) is 0 Å². The maximum atomic E-state index is 12.1. The van der Waals surface area contributed by atoms with Gasteiger partial charge in [-0.05, 0) is 44.0 Å². The lowest BCUT2D eigenvalue weighted by molar-refractivity contribution is -0.131. The Bertz CT molecular complexity index is 403. The van der Waals surface area contributed by atoms with Gasteiger partial charge < -0.3 is 10.2 Å². The second kappa shape index (κ2) is 6.55. The van der Waals surface area contributed by atoms with Crippen LogP contribution in [0.2, 0.25) is 0 Å². The fourth-order valence-corrected chi connectivity index (χ4v) is 2.49. The van der Waals surface area contributed by atoms with Crippen LogP contribution in [0.1, 0.15) is 30.4 Å². The fraction of sp³-hybridized carbons (Fsp3) is 0.533. The molecule has 98 valence electrons. The molecular weight excluding hydrogens is 224 g/mol. The lowest BCUT2D eigenvalue weighted by Gasteiger charge is -2.21. The fourth-order valence-electron chi connectivity index (χ4n) is 2.49. The first-order chi connectivity index (χ1) is 8.81. The standard InChI is InChI=1S/C15H22N2O/c1-16-10-4-9-15(18)17-11-5-8-13-6-2-3-7-14(13)12-17/h2-3,6-7,16H,4-5,8-12H2,1H3. The molecule has 1 aromatic rings. The van der Waals surface area contributed by atoms with Crippen LogP contribution in [0.3, 0.4) is 0 Å². The number of hydrogen-bond acceptors (Lipinski definition) is 2. The predicted octanol–water partition coefficient (Wildman–Crippen LogP) is 1.96. The van der Waals surface area contributed by atoms with Gasteiger partial charge in [0.1, 0.15) is 0 Å². The van der Waals surface area contributed by atoms with E-state index in [1.807, 2.05) is 11.9 Å². The van der Waals surface area contributed by atoms with Crippen molar-refractivity contribution in [3.05, 3.63) is 35.4 Å². The van der Waals surface area contributed by atoms with Gasteiger partial charge >= 0.3 is 0 Å². The molecule has 0 unspecified atom stereocenters. The SMILES string of the molecule is CNCCCC(=O)N1CCCc2ccccc2C1. The van der Waals surface area contributed by atoms with E-state index in [1.54, 1.807) is 0 Å². The van der Waals surface area contributed by atoms with E-state index in [2.05, 4.69) is 29.6 Å². The summed E-state index contributed by atoms with van der Waals surface area (Å²) in [5, 5.41) is 3.08. The average Bonchev–Trinajstić information content (AvgIpc) is 2.61. The molecule has 1 heterocycles. The normalized spacial score (nSPS) is 15.1. The van der Waals surface area contributed by atoms with Gasteiger partial charge in [0, 0.05) is 19.5 Å². The molecule has 0 fully saturated rings. The van der Waals surface area contributed by atoms with Gasteiger partial charge in [0.05, 0.1) is 0 Å². The monoisotopic (exact) mass is 246 g/mol. The summed E-state index contributed by atoms with van der Waals surface area (Å²) in [5.74, 6) is 0.293. The number of carbonyl (C=O) groups excluding carboxylic acids is 1. The summed E-state index contributed by atoms with van der Waals surface area (Å²) in [7, 11) is 1.92. The number of carbonyl (C=O) groups is 1. The Morgan fingerprint density at radius 1 is 1.33 bits per heavy atom. The summed E-state index contributed by atoms with van der Waals surface area (Å²) < 4.78 is 0. The number of aryl methyl sites for hydroxylation is 1. The average molecular weight is 246 g/mol. The number of amides is 1. The van der Waals surface area contributed by atoms with E-state index >= 15 is 0 Å². The number of benzene rings is 1. The molecule has 0 saturated heterocycles. The minimum absolute atomic E-state index is 0.293. The molecule has 0 saturated carbocycles. The lowest BCUT2D eigenvalue weighted by atomic mass is 10.0. The summed E-state index contributed by atoms with van der Waals surface area (Å²) in [5.41, 5.74) is 2.72. The first kappa shape index (κ1) is 13.1. The topological polar surface area (TPSA) is 32.3 Å². The Hall–Kier alpha value is -1.35. The van der Waals surface area contributed by atoms with Crippen molar-refractivity contribution in [1.82, 2.24) is 10.2 Å². The summed E-state index contributed by atoms with van der Waals surface area (Å²) in [6, 6.07) is 8.48. The number of fused-ring (bicyclic) bond motifs is 1. The van der Waals surface area contributed by atoms with Crippen LogP contribution in [0.5, 0.6) is 0 Å². The van der Waals surface area contributed by atoms with Crippen molar-refractivity contribution in [3.63, 3.8) is 0 Å². The number of rotatable bonds is 4. The second-order valence-electron chi connectivity index (χ2n) is 4.89. The molecule has 0 bridgehead atoms. The highest BCUT2D eigenvalue weighted by molar-refractivity contribution is 5.76. The Kier molecular flexibility index (Phi) is 4.76. The van der Waals surface area contributed by atoms with Crippen molar-refractivity contribution < 1.29 is 4.79 Å². The minimum Gasteiger partial charge on any atom is -0.338 e. The van der Waals surface area contributed by atoms with Crippen molar-refractivity contribution in [1.29, 1.82) is 0 Å². The molecule has 18 heavy (non-hydrogen) atoms. The Morgan fingerprint density at radius 2 is 2.11 bits per heavy atom. The third kappa shape index (κ3) is 3.33. The maximum Gasteiger partial charge on any atom is 0.222 e.